The largest absolute Gasteiger partial charge is 0.477 e. The number of hydrogen-bond donors (Lipinski definition) is 2. The SMILES string of the molecule is CC(C)C1CN(c2c(F)cc3c(=O)c(C(=O)O)cn4c3c2CC[C@@H]4C)CCC1O. The summed E-state index contributed by atoms with van der Waals surface area (Å²) in [6, 6.07) is 1.22. The Balaban J connectivity index is 1.94. The average molecular weight is 402 g/mol. The number of aliphatic hydroxyl groups is 1. The van der Waals surface area contributed by atoms with Gasteiger partial charge in [0.2, 0.25) is 5.43 Å². The molecular weight excluding hydrogens is 375 g/mol. The van der Waals surface area contributed by atoms with Crippen molar-refractivity contribution in [2.45, 2.75) is 52.2 Å². The first-order chi connectivity index (χ1) is 13.7. The summed E-state index contributed by atoms with van der Waals surface area (Å²) in [5.74, 6) is -1.48. The molecule has 156 valence electrons. The van der Waals surface area contributed by atoms with Crippen LogP contribution < -0.4 is 10.3 Å². The van der Waals surface area contributed by atoms with Crippen molar-refractivity contribution >= 4 is 22.6 Å². The number of aliphatic hydroxyl groups excluding tert-OH is 1. The van der Waals surface area contributed by atoms with Gasteiger partial charge in [0, 0.05) is 42.2 Å². The van der Waals surface area contributed by atoms with Crippen LogP contribution in [0.2, 0.25) is 0 Å². The van der Waals surface area contributed by atoms with Gasteiger partial charge in [0.1, 0.15) is 11.4 Å². The first-order valence-electron chi connectivity index (χ1n) is 10.3. The second-order valence-corrected chi connectivity index (χ2v) is 8.76. The summed E-state index contributed by atoms with van der Waals surface area (Å²) in [6.45, 7) is 7.21. The Bertz CT molecular complexity index is 1050. The number of hydrogen-bond acceptors (Lipinski definition) is 4. The lowest BCUT2D eigenvalue weighted by Gasteiger charge is -2.41. The predicted molar refractivity (Wildman–Crippen MR) is 109 cm³/mol. The molecule has 2 aromatic rings. The lowest BCUT2D eigenvalue weighted by Crippen LogP contribution is -2.46. The van der Waals surface area contributed by atoms with Gasteiger partial charge in [0.15, 0.2) is 0 Å². The monoisotopic (exact) mass is 402 g/mol. The van der Waals surface area contributed by atoms with E-state index in [4.69, 9.17) is 0 Å². The van der Waals surface area contributed by atoms with Crippen molar-refractivity contribution < 1.29 is 19.4 Å². The number of carboxylic acids is 1. The highest BCUT2D eigenvalue weighted by Gasteiger charge is 2.34. The second-order valence-electron chi connectivity index (χ2n) is 8.76. The maximum atomic E-state index is 15.3. The molecule has 1 fully saturated rings. The van der Waals surface area contributed by atoms with Gasteiger partial charge in [-0.05, 0) is 38.2 Å². The van der Waals surface area contributed by atoms with Crippen LogP contribution >= 0.6 is 0 Å². The van der Waals surface area contributed by atoms with E-state index in [0.29, 0.717) is 37.1 Å². The summed E-state index contributed by atoms with van der Waals surface area (Å²) in [7, 11) is 0. The van der Waals surface area contributed by atoms with Crippen molar-refractivity contribution in [2.75, 3.05) is 18.0 Å². The fourth-order valence-corrected chi connectivity index (χ4v) is 4.96. The third kappa shape index (κ3) is 3.12. The number of carbonyl (C=O) groups is 1. The zero-order chi connectivity index (χ0) is 21.0. The number of benzene rings is 1. The minimum Gasteiger partial charge on any atom is -0.477 e. The Hall–Kier alpha value is -2.41. The van der Waals surface area contributed by atoms with Gasteiger partial charge in [-0.15, -0.1) is 0 Å². The van der Waals surface area contributed by atoms with E-state index in [1.807, 2.05) is 16.4 Å². The molecule has 2 unspecified atom stereocenters. The van der Waals surface area contributed by atoms with Crippen molar-refractivity contribution in [1.29, 1.82) is 0 Å². The van der Waals surface area contributed by atoms with Crippen molar-refractivity contribution in [2.24, 2.45) is 11.8 Å². The summed E-state index contributed by atoms with van der Waals surface area (Å²) >= 11 is 0. The molecule has 6 nitrogen and oxygen atoms in total. The van der Waals surface area contributed by atoms with Crippen LogP contribution in [0, 0.1) is 17.7 Å². The van der Waals surface area contributed by atoms with Crippen molar-refractivity contribution in [3.05, 3.63) is 39.4 Å². The van der Waals surface area contributed by atoms with Crippen molar-refractivity contribution in [1.82, 2.24) is 4.57 Å². The second kappa shape index (κ2) is 7.13. The van der Waals surface area contributed by atoms with Crippen LogP contribution in [-0.4, -0.2) is 39.9 Å². The fourth-order valence-electron chi connectivity index (χ4n) is 4.96. The molecule has 0 radical (unpaired) electrons. The smallest absolute Gasteiger partial charge is 0.341 e. The molecule has 2 N–H and O–H groups in total. The third-order valence-electron chi connectivity index (χ3n) is 6.65. The summed E-state index contributed by atoms with van der Waals surface area (Å²) in [5.41, 5.74) is 0.940. The number of pyridine rings is 1. The number of piperidine rings is 1. The van der Waals surface area contributed by atoms with Gasteiger partial charge in [0.05, 0.1) is 17.3 Å². The van der Waals surface area contributed by atoms with Crippen molar-refractivity contribution in [3.63, 3.8) is 0 Å². The van der Waals surface area contributed by atoms with E-state index >= 15 is 4.39 Å². The first kappa shape index (κ1) is 19.9. The third-order valence-corrected chi connectivity index (χ3v) is 6.65. The normalized spacial score (nSPS) is 24.3. The van der Waals surface area contributed by atoms with E-state index in [0.717, 1.165) is 12.0 Å². The van der Waals surface area contributed by atoms with Gasteiger partial charge in [0.25, 0.3) is 0 Å². The molecular formula is C22H27FN2O4. The summed E-state index contributed by atoms with van der Waals surface area (Å²) in [5, 5.41) is 19.9. The Morgan fingerprint density at radius 2 is 2.03 bits per heavy atom. The Morgan fingerprint density at radius 3 is 2.69 bits per heavy atom. The Morgan fingerprint density at radius 1 is 1.31 bits per heavy atom. The number of aromatic nitrogens is 1. The van der Waals surface area contributed by atoms with E-state index in [-0.39, 0.29) is 28.8 Å². The number of aryl methyl sites for hydroxylation is 1. The van der Waals surface area contributed by atoms with Crippen LogP contribution in [0.15, 0.2) is 17.1 Å². The first-order valence-corrected chi connectivity index (χ1v) is 10.3. The van der Waals surface area contributed by atoms with Crippen LogP contribution in [0.1, 0.15) is 55.6 Å². The molecule has 1 saturated heterocycles. The molecule has 2 aliphatic heterocycles. The maximum Gasteiger partial charge on any atom is 0.341 e. The topological polar surface area (TPSA) is 82.8 Å². The van der Waals surface area contributed by atoms with E-state index in [1.165, 1.54) is 12.3 Å². The Kier molecular flexibility index (Phi) is 4.89. The summed E-state index contributed by atoms with van der Waals surface area (Å²) < 4.78 is 17.2. The highest BCUT2D eigenvalue weighted by atomic mass is 19.1. The number of nitrogens with zero attached hydrogens (tertiary/aromatic N) is 2. The Labute approximate surface area is 168 Å². The van der Waals surface area contributed by atoms with E-state index in [1.54, 1.807) is 0 Å². The highest BCUT2D eigenvalue weighted by molar-refractivity contribution is 5.95. The van der Waals surface area contributed by atoms with E-state index in [9.17, 15) is 19.8 Å². The predicted octanol–water partition coefficient (Wildman–Crippen LogP) is 3.19. The standard InChI is InChI=1S/C22H27FN2O4/c1-11(2)15-9-24(7-6-18(15)26)20-13-5-4-12(3)25-10-16(22(28)29)21(27)14(19(13)25)8-17(20)23/h8,10-12,15,18,26H,4-7,9H2,1-3H3,(H,28,29)/t12-,15?,18?/m0/s1. The molecule has 0 spiro atoms. The van der Waals surface area contributed by atoms with Gasteiger partial charge < -0.3 is 19.7 Å². The molecule has 4 rings (SSSR count). The number of aromatic carboxylic acids is 1. The lowest BCUT2D eigenvalue weighted by atomic mass is 9.84. The molecule has 0 bridgehead atoms. The zero-order valence-corrected chi connectivity index (χ0v) is 17.0. The number of halogens is 1. The summed E-state index contributed by atoms with van der Waals surface area (Å²) in [6.07, 6.45) is 2.94. The van der Waals surface area contributed by atoms with Gasteiger partial charge in [-0.3, -0.25) is 4.79 Å². The van der Waals surface area contributed by atoms with Gasteiger partial charge in [-0.1, -0.05) is 13.8 Å². The molecule has 7 heteroatoms. The van der Waals surface area contributed by atoms with Crippen LogP contribution in [0.25, 0.3) is 10.9 Å². The average Bonchev–Trinajstić information content (AvgIpc) is 2.66. The molecule has 3 heterocycles. The highest BCUT2D eigenvalue weighted by Crippen LogP contribution is 2.40. The fraction of sp³-hybridized carbons (Fsp3) is 0.545. The van der Waals surface area contributed by atoms with Gasteiger partial charge in [-0.25, -0.2) is 9.18 Å². The summed E-state index contributed by atoms with van der Waals surface area (Å²) in [4.78, 5) is 26.3. The number of rotatable bonds is 3. The van der Waals surface area contributed by atoms with Crippen molar-refractivity contribution in [3.8, 4) is 0 Å². The van der Waals surface area contributed by atoms with E-state index < -0.39 is 23.3 Å². The maximum absolute atomic E-state index is 15.3. The van der Waals surface area contributed by atoms with Crippen LogP contribution in [0.4, 0.5) is 10.1 Å². The lowest BCUT2D eigenvalue weighted by molar-refractivity contribution is 0.0636. The molecule has 29 heavy (non-hydrogen) atoms. The minimum absolute atomic E-state index is 0.0219. The van der Waals surface area contributed by atoms with Gasteiger partial charge in [-0.2, -0.15) is 0 Å². The minimum atomic E-state index is -1.30. The van der Waals surface area contributed by atoms with E-state index in [2.05, 4.69) is 13.8 Å². The quantitative estimate of drug-likeness (QED) is 0.824. The van der Waals surface area contributed by atoms with Gasteiger partial charge >= 0.3 is 5.97 Å². The molecule has 3 atom stereocenters. The molecule has 0 amide bonds. The zero-order valence-electron chi connectivity index (χ0n) is 17.0. The molecule has 1 aromatic carbocycles. The molecule has 0 saturated carbocycles. The molecule has 2 aliphatic rings. The molecule has 0 aliphatic carbocycles. The van der Waals surface area contributed by atoms with Crippen LogP contribution in [0.3, 0.4) is 0 Å². The van der Waals surface area contributed by atoms with Crippen LogP contribution in [0.5, 0.6) is 0 Å². The molecule has 1 aromatic heterocycles. The number of anilines is 1. The number of carboxylic acid groups (broad SMARTS) is 1. The van der Waals surface area contributed by atoms with Crippen LogP contribution in [-0.2, 0) is 6.42 Å².